The molecule has 0 amide bonds. The van der Waals surface area contributed by atoms with E-state index in [-0.39, 0.29) is 11.8 Å². The molecule has 1 unspecified atom stereocenters. The summed E-state index contributed by atoms with van der Waals surface area (Å²) in [7, 11) is -1.53. The Balaban J connectivity index is 1.86. The summed E-state index contributed by atoms with van der Waals surface area (Å²) in [5, 5.41) is 7.76. The highest BCUT2D eigenvalue weighted by Crippen LogP contribution is 2.25. The van der Waals surface area contributed by atoms with Gasteiger partial charge in [0.25, 0.3) is 0 Å². The van der Waals surface area contributed by atoms with Crippen molar-refractivity contribution in [1.29, 1.82) is 0 Å². The zero-order chi connectivity index (χ0) is 14.9. The number of para-hydroxylation sites is 1. The fraction of sp³-hybridized carbons (Fsp3) is 0.500. The maximum absolute atomic E-state index is 12.6. The number of nitrogens with zero attached hydrogens (tertiary/aromatic N) is 2. The monoisotopic (exact) mass is 309 g/mol. The fourth-order valence-electron chi connectivity index (χ4n) is 2.91. The van der Waals surface area contributed by atoms with Gasteiger partial charge in [0.2, 0.25) is 10.0 Å². The van der Waals surface area contributed by atoms with E-state index in [1.807, 2.05) is 25.2 Å². The van der Waals surface area contributed by atoms with Crippen molar-refractivity contribution < 1.29 is 12.9 Å². The van der Waals surface area contributed by atoms with E-state index < -0.39 is 10.0 Å². The van der Waals surface area contributed by atoms with E-state index in [1.165, 1.54) is 0 Å². The molecule has 6 nitrogen and oxygen atoms in total. The van der Waals surface area contributed by atoms with Crippen LogP contribution < -0.4 is 5.32 Å². The highest BCUT2D eigenvalue weighted by molar-refractivity contribution is 7.88. The molecule has 1 aliphatic heterocycles. The number of hydrogen-bond acceptors (Lipinski definition) is 5. The van der Waals surface area contributed by atoms with E-state index in [2.05, 4.69) is 10.5 Å². The summed E-state index contributed by atoms with van der Waals surface area (Å²) in [6.07, 6.45) is 1.81. The Morgan fingerprint density at radius 3 is 3.05 bits per heavy atom. The SMILES string of the molecule is CNCC1CCCN1S(=O)(=O)Cc1noc2ccccc12. The van der Waals surface area contributed by atoms with Crippen molar-refractivity contribution in [3.8, 4) is 0 Å². The van der Waals surface area contributed by atoms with Gasteiger partial charge >= 0.3 is 0 Å². The summed E-state index contributed by atoms with van der Waals surface area (Å²) in [6, 6.07) is 7.37. The van der Waals surface area contributed by atoms with Crippen LogP contribution in [0.3, 0.4) is 0 Å². The molecule has 1 N–H and O–H groups in total. The molecule has 7 heteroatoms. The third-order valence-corrected chi connectivity index (χ3v) is 5.72. The van der Waals surface area contributed by atoms with E-state index in [1.54, 1.807) is 10.4 Å². The maximum Gasteiger partial charge on any atom is 0.220 e. The summed E-state index contributed by atoms with van der Waals surface area (Å²) in [6.45, 7) is 1.27. The summed E-state index contributed by atoms with van der Waals surface area (Å²) >= 11 is 0. The molecule has 21 heavy (non-hydrogen) atoms. The number of rotatable bonds is 5. The standard InChI is InChI=1S/C14H19N3O3S/c1-15-9-11-5-4-8-17(11)21(18,19)10-13-12-6-2-3-7-14(12)20-16-13/h2-3,6-7,11,15H,4-5,8-10H2,1H3. The molecule has 1 aromatic carbocycles. The summed E-state index contributed by atoms with van der Waals surface area (Å²) in [4.78, 5) is 0. The predicted molar refractivity (Wildman–Crippen MR) is 80.3 cm³/mol. The van der Waals surface area contributed by atoms with Crippen molar-refractivity contribution in [2.45, 2.75) is 24.6 Å². The van der Waals surface area contributed by atoms with Crippen LogP contribution >= 0.6 is 0 Å². The van der Waals surface area contributed by atoms with Crippen LogP contribution in [0.1, 0.15) is 18.5 Å². The highest BCUT2D eigenvalue weighted by atomic mass is 32.2. The predicted octanol–water partition coefficient (Wildman–Crippen LogP) is 1.34. The van der Waals surface area contributed by atoms with Crippen LogP contribution in [0.2, 0.25) is 0 Å². The van der Waals surface area contributed by atoms with Crippen molar-refractivity contribution in [1.82, 2.24) is 14.8 Å². The van der Waals surface area contributed by atoms with Crippen LogP contribution in [0.15, 0.2) is 28.8 Å². The van der Waals surface area contributed by atoms with E-state index in [0.717, 1.165) is 18.2 Å². The molecule has 3 rings (SSSR count). The average Bonchev–Trinajstić information content (AvgIpc) is 3.07. The molecule has 0 saturated carbocycles. The lowest BCUT2D eigenvalue weighted by molar-refractivity contribution is 0.377. The summed E-state index contributed by atoms with van der Waals surface area (Å²) in [5.41, 5.74) is 1.11. The minimum Gasteiger partial charge on any atom is -0.356 e. The van der Waals surface area contributed by atoms with Crippen molar-refractivity contribution in [3.63, 3.8) is 0 Å². The van der Waals surface area contributed by atoms with Gasteiger partial charge in [-0.2, -0.15) is 4.31 Å². The van der Waals surface area contributed by atoms with Gasteiger partial charge in [-0.25, -0.2) is 8.42 Å². The first kappa shape index (κ1) is 14.5. The Morgan fingerprint density at radius 2 is 2.24 bits per heavy atom. The van der Waals surface area contributed by atoms with Gasteiger partial charge in [-0.3, -0.25) is 0 Å². The molecule has 1 aromatic heterocycles. The van der Waals surface area contributed by atoms with Gasteiger partial charge in [-0.15, -0.1) is 0 Å². The van der Waals surface area contributed by atoms with Crippen molar-refractivity contribution in [3.05, 3.63) is 30.0 Å². The minimum absolute atomic E-state index is 0.0400. The largest absolute Gasteiger partial charge is 0.356 e. The average molecular weight is 309 g/mol. The lowest BCUT2D eigenvalue weighted by atomic mass is 10.2. The first-order valence-corrected chi connectivity index (χ1v) is 8.70. The first-order chi connectivity index (χ1) is 10.1. The Labute approximate surface area is 124 Å². The highest BCUT2D eigenvalue weighted by Gasteiger charge is 2.34. The van der Waals surface area contributed by atoms with Gasteiger partial charge in [0.05, 0.1) is 0 Å². The molecular weight excluding hydrogens is 290 g/mol. The molecule has 2 heterocycles. The number of fused-ring (bicyclic) bond motifs is 1. The molecular formula is C14H19N3O3S. The zero-order valence-corrected chi connectivity index (χ0v) is 12.8. The Hall–Kier alpha value is -1.44. The van der Waals surface area contributed by atoms with Crippen LogP contribution in [-0.2, 0) is 15.8 Å². The van der Waals surface area contributed by atoms with Crippen LogP contribution in [-0.4, -0.2) is 44.1 Å². The van der Waals surface area contributed by atoms with Gasteiger partial charge in [0.15, 0.2) is 5.58 Å². The van der Waals surface area contributed by atoms with Crippen molar-refractivity contribution >= 4 is 21.0 Å². The molecule has 0 aliphatic carbocycles. The minimum atomic E-state index is -3.37. The van der Waals surface area contributed by atoms with E-state index >= 15 is 0 Å². The second-order valence-electron chi connectivity index (χ2n) is 5.35. The molecule has 1 atom stereocenters. The molecule has 0 spiro atoms. The number of hydrogen-bond donors (Lipinski definition) is 1. The van der Waals surface area contributed by atoms with Crippen LogP contribution in [0.4, 0.5) is 0 Å². The number of likely N-dealkylation sites (N-methyl/N-ethyl adjacent to an activating group) is 1. The van der Waals surface area contributed by atoms with Gasteiger partial charge < -0.3 is 9.84 Å². The number of aromatic nitrogens is 1. The van der Waals surface area contributed by atoms with E-state index in [9.17, 15) is 8.42 Å². The Bertz CT molecular complexity index is 726. The number of sulfonamides is 1. The lowest BCUT2D eigenvalue weighted by Crippen LogP contribution is -2.41. The third-order valence-electron chi connectivity index (χ3n) is 3.89. The van der Waals surface area contributed by atoms with Gasteiger partial charge in [-0.1, -0.05) is 17.3 Å². The number of nitrogens with one attached hydrogen (secondary N) is 1. The van der Waals surface area contributed by atoms with Gasteiger partial charge in [-0.05, 0) is 32.0 Å². The van der Waals surface area contributed by atoms with E-state index in [0.29, 0.717) is 24.4 Å². The molecule has 1 aliphatic rings. The molecule has 1 fully saturated rings. The first-order valence-electron chi connectivity index (χ1n) is 7.09. The van der Waals surface area contributed by atoms with Crippen LogP contribution in [0.5, 0.6) is 0 Å². The molecule has 1 saturated heterocycles. The Kier molecular flexibility index (Phi) is 3.97. The smallest absolute Gasteiger partial charge is 0.220 e. The summed E-state index contributed by atoms with van der Waals surface area (Å²) in [5.74, 6) is -0.107. The lowest BCUT2D eigenvalue weighted by Gasteiger charge is -2.23. The fourth-order valence-corrected chi connectivity index (χ4v) is 4.67. The van der Waals surface area contributed by atoms with Crippen molar-refractivity contribution in [2.75, 3.05) is 20.1 Å². The van der Waals surface area contributed by atoms with Crippen molar-refractivity contribution in [2.24, 2.45) is 0 Å². The quantitative estimate of drug-likeness (QED) is 0.902. The molecule has 114 valence electrons. The Morgan fingerprint density at radius 1 is 1.43 bits per heavy atom. The van der Waals surface area contributed by atoms with Crippen LogP contribution in [0.25, 0.3) is 11.0 Å². The molecule has 0 bridgehead atoms. The van der Waals surface area contributed by atoms with E-state index in [4.69, 9.17) is 4.52 Å². The topological polar surface area (TPSA) is 75.4 Å². The van der Waals surface area contributed by atoms with Gasteiger partial charge in [0.1, 0.15) is 11.4 Å². The summed E-state index contributed by atoms with van der Waals surface area (Å²) < 4.78 is 32.1. The zero-order valence-electron chi connectivity index (χ0n) is 11.9. The molecule has 2 aromatic rings. The maximum atomic E-state index is 12.6. The second kappa shape index (κ2) is 5.75. The third kappa shape index (κ3) is 2.81. The van der Waals surface area contributed by atoms with Gasteiger partial charge in [0, 0.05) is 24.5 Å². The second-order valence-corrected chi connectivity index (χ2v) is 7.27. The normalized spacial score (nSPS) is 20.3. The van der Waals surface area contributed by atoms with Crippen LogP contribution in [0, 0.1) is 0 Å². The number of benzene rings is 1. The molecule has 0 radical (unpaired) electrons.